The molecule has 0 aliphatic rings. The molecule has 0 saturated carbocycles. The fraction of sp³-hybridized carbons (Fsp3) is 0.500. The summed E-state index contributed by atoms with van der Waals surface area (Å²) in [5.74, 6) is -0.896. The summed E-state index contributed by atoms with van der Waals surface area (Å²) in [5, 5.41) is 11.4. The Labute approximate surface area is 116 Å². The van der Waals surface area contributed by atoms with Crippen molar-refractivity contribution in [3.05, 3.63) is 23.2 Å². The molecular weight excluding hydrogens is 270 g/mol. The van der Waals surface area contributed by atoms with Gasteiger partial charge >= 0.3 is 5.97 Å². The molecule has 7 heteroatoms. The van der Waals surface area contributed by atoms with Crippen LogP contribution in [0.1, 0.15) is 36.7 Å². The Kier molecular flexibility index (Phi) is 6.21. The summed E-state index contributed by atoms with van der Waals surface area (Å²) >= 11 is 5.64. The van der Waals surface area contributed by atoms with Crippen molar-refractivity contribution in [3.8, 4) is 0 Å². The number of carboxylic acid groups (broad SMARTS) is 1. The standard InChI is InChI=1S/C12H16ClN3O3/c1-8(2-3-11(17)18)4-5-15-12(19)9-6-14-7-10(13)16-9/h6-8H,2-5H2,1H3,(H,15,19)(H,17,18). The zero-order valence-electron chi connectivity index (χ0n) is 10.6. The van der Waals surface area contributed by atoms with Crippen LogP contribution in [0.25, 0.3) is 0 Å². The first-order valence-electron chi connectivity index (χ1n) is 5.96. The summed E-state index contributed by atoms with van der Waals surface area (Å²) in [6.45, 7) is 2.42. The maximum absolute atomic E-state index is 11.7. The van der Waals surface area contributed by atoms with Gasteiger partial charge in [-0.2, -0.15) is 0 Å². The molecule has 1 aromatic heterocycles. The predicted molar refractivity (Wildman–Crippen MR) is 70.0 cm³/mol. The van der Waals surface area contributed by atoms with Crippen LogP contribution in [-0.2, 0) is 4.79 Å². The lowest BCUT2D eigenvalue weighted by atomic mass is 10.0. The second kappa shape index (κ2) is 7.68. The number of carbonyl (C=O) groups is 2. The minimum Gasteiger partial charge on any atom is -0.481 e. The summed E-state index contributed by atoms with van der Waals surface area (Å²) < 4.78 is 0. The van der Waals surface area contributed by atoms with Crippen molar-refractivity contribution in [2.24, 2.45) is 5.92 Å². The van der Waals surface area contributed by atoms with Gasteiger partial charge in [-0.25, -0.2) is 4.98 Å². The van der Waals surface area contributed by atoms with Crippen LogP contribution in [0.5, 0.6) is 0 Å². The third kappa shape index (κ3) is 6.15. The fourth-order valence-electron chi connectivity index (χ4n) is 1.49. The topological polar surface area (TPSA) is 92.2 Å². The van der Waals surface area contributed by atoms with Crippen LogP contribution in [0.3, 0.4) is 0 Å². The molecule has 0 radical (unpaired) electrons. The Morgan fingerprint density at radius 3 is 2.79 bits per heavy atom. The van der Waals surface area contributed by atoms with E-state index in [1.807, 2.05) is 6.92 Å². The SMILES string of the molecule is CC(CCNC(=O)c1cncc(Cl)n1)CCC(=O)O. The minimum absolute atomic E-state index is 0.148. The molecule has 19 heavy (non-hydrogen) atoms. The third-order valence-corrected chi connectivity index (χ3v) is 2.79. The molecule has 1 amide bonds. The molecule has 1 aromatic rings. The zero-order valence-corrected chi connectivity index (χ0v) is 11.4. The van der Waals surface area contributed by atoms with Gasteiger partial charge in [-0.15, -0.1) is 0 Å². The number of carbonyl (C=O) groups excluding carboxylic acids is 1. The van der Waals surface area contributed by atoms with Crippen molar-refractivity contribution in [2.45, 2.75) is 26.2 Å². The quantitative estimate of drug-likeness (QED) is 0.796. The van der Waals surface area contributed by atoms with Gasteiger partial charge in [0, 0.05) is 13.0 Å². The van der Waals surface area contributed by atoms with Gasteiger partial charge in [-0.05, 0) is 18.8 Å². The highest BCUT2D eigenvalue weighted by atomic mass is 35.5. The van der Waals surface area contributed by atoms with Gasteiger partial charge in [0.1, 0.15) is 10.8 Å². The number of rotatable bonds is 7. The highest BCUT2D eigenvalue weighted by Crippen LogP contribution is 2.09. The molecule has 0 bridgehead atoms. The number of halogens is 1. The third-order valence-electron chi connectivity index (χ3n) is 2.61. The summed E-state index contributed by atoms with van der Waals surface area (Å²) in [4.78, 5) is 29.7. The van der Waals surface area contributed by atoms with Crippen LogP contribution in [0.2, 0.25) is 5.15 Å². The van der Waals surface area contributed by atoms with Gasteiger partial charge in [0.25, 0.3) is 5.91 Å². The first-order chi connectivity index (χ1) is 8.99. The van der Waals surface area contributed by atoms with Crippen LogP contribution in [-0.4, -0.2) is 33.5 Å². The van der Waals surface area contributed by atoms with E-state index in [0.29, 0.717) is 19.4 Å². The van der Waals surface area contributed by atoms with E-state index in [9.17, 15) is 9.59 Å². The molecule has 0 aliphatic heterocycles. The van der Waals surface area contributed by atoms with Gasteiger partial charge in [-0.1, -0.05) is 18.5 Å². The first kappa shape index (κ1) is 15.4. The Morgan fingerprint density at radius 1 is 1.42 bits per heavy atom. The fourth-order valence-corrected chi connectivity index (χ4v) is 1.64. The summed E-state index contributed by atoms with van der Waals surface area (Å²) in [5.41, 5.74) is 0.172. The van der Waals surface area contributed by atoms with Gasteiger partial charge < -0.3 is 10.4 Å². The maximum Gasteiger partial charge on any atom is 0.303 e. The number of amides is 1. The summed E-state index contributed by atoms with van der Waals surface area (Å²) in [7, 11) is 0. The average Bonchev–Trinajstić information content (AvgIpc) is 2.36. The molecule has 1 atom stereocenters. The Hall–Kier alpha value is -1.69. The van der Waals surface area contributed by atoms with Crippen LogP contribution in [0.15, 0.2) is 12.4 Å². The molecule has 6 nitrogen and oxygen atoms in total. The number of aliphatic carboxylic acids is 1. The van der Waals surface area contributed by atoms with Crippen LogP contribution in [0.4, 0.5) is 0 Å². The van der Waals surface area contributed by atoms with Gasteiger partial charge in [0.05, 0.1) is 12.4 Å². The van der Waals surface area contributed by atoms with Crippen molar-refractivity contribution < 1.29 is 14.7 Å². The van der Waals surface area contributed by atoms with Gasteiger partial charge in [-0.3, -0.25) is 14.6 Å². The Balaban J connectivity index is 2.29. The minimum atomic E-state index is -0.801. The number of aromatic nitrogens is 2. The highest BCUT2D eigenvalue weighted by molar-refractivity contribution is 6.29. The van der Waals surface area contributed by atoms with Crippen molar-refractivity contribution in [1.82, 2.24) is 15.3 Å². The maximum atomic E-state index is 11.7. The first-order valence-corrected chi connectivity index (χ1v) is 6.34. The smallest absolute Gasteiger partial charge is 0.303 e. The van der Waals surface area contributed by atoms with Gasteiger partial charge in [0.2, 0.25) is 0 Å². The average molecular weight is 286 g/mol. The van der Waals surface area contributed by atoms with Crippen molar-refractivity contribution in [1.29, 1.82) is 0 Å². The lowest BCUT2D eigenvalue weighted by molar-refractivity contribution is -0.137. The van der Waals surface area contributed by atoms with E-state index in [0.717, 1.165) is 0 Å². The molecule has 2 N–H and O–H groups in total. The number of nitrogens with one attached hydrogen (secondary N) is 1. The van der Waals surface area contributed by atoms with E-state index >= 15 is 0 Å². The van der Waals surface area contributed by atoms with Crippen molar-refractivity contribution >= 4 is 23.5 Å². The number of hydrogen-bond acceptors (Lipinski definition) is 4. The van der Waals surface area contributed by atoms with Crippen LogP contribution < -0.4 is 5.32 Å². The monoisotopic (exact) mass is 285 g/mol. The molecule has 1 rings (SSSR count). The van der Waals surface area contributed by atoms with Gasteiger partial charge in [0.15, 0.2) is 0 Å². The molecule has 1 unspecified atom stereocenters. The number of carboxylic acids is 1. The molecule has 104 valence electrons. The summed E-state index contributed by atoms with van der Waals surface area (Å²) in [6, 6.07) is 0. The molecule has 0 saturated heterocycles. The molecule has 0 aliphatic carbocycles. The Morgan fingerprint density at radius 2 is 2.16 bits per heavy atom. The lowest BCUT2D eigenvalue weighted by Crippen LogP contribution is -2.26. The molecule has 1 heterocycles. The van der Waals surface area contributed by atoms with Crippen LogP contribution in [0, 0.1) is 5.92 Å². The van der Waals surface area contributed by atoms with E-state index < -0.39 is 5.97 Å². The molecule has 0 fully saturated rings. The lowest BCUT2D eigenvalue weighted by Gasteiger charge is -2.10. The highest BCUT2D eigenvalue weighted by Gasteiger charge is 2.09. The van der Waals surface area contributed by atoms with E-state index in [1.54, 1.807) is 0 Å². The second-order valence-electron chi connectivity index (χ2n) is 4.31. The van der Waals surface area contributed by atoms with E-state index in [4.69, 9.17) is 16.7 Å². The van der Waals surface area contributed by atoms with E-state index in [-0.39, 0.29) is 29.1 Å². The second-order valence-corrected chi connectivity index (χ2v) is 4.70. The molecular formula is C12H16ClN3O3. The van der Waals surface area contributed by atoms with Crippen molar-refractivity contribution in [2.75, 3.05) is 6.54 Å². The van der Waals surface area contributed by atoms with E-state index in [1.165, 1.54) is 12.4 Å². The number of hydrogen-bond donors (Lipinski definition) is 2. The normalized spacial score (nSPS) is 11.9. The molecule has 0 aromatic carbocycles. The van der Waals surface area contributed by atoms with Crippen LogP contribution >= 0.6 is 11.6 Å². The van der Waals surface area contributed by atoms with Crippen molar-refractivity contribution in [3.63, 3.8) is 0 Å². The predicted octanol–water partition coefficient (Wildman–Crippen LogP) is 1.75. The largest absolute Gasteiger partial charge is 0.481 e. The number of nitrogens with zero attached hydrogens (tertiary/aromatic N) is 2. The summed E-state index contributed by atoms with van der Waals surface area (Å²) in [6.07, 6.45) is 4.16. The zero-order chi connectivity index (χ0) is 14.3. The molecule has 0 spiro atoms. The Bertz CT molecular complexity index is 454. The van der Waals surface area contributed by atoms with E-state index in [2.05, 4.69) is 15.3 Å².